The molecule has 2 aliphatic carbocycles. The van der Waals surface area contributed by atoms with Crippen LogP contribution in [0.25, 0.3) is 0 Å². The minimum atomic E-state index is -1.51. The minimum absolute atomic E-state index is 0.188. The van der Waals surface area contributed by atoms with Gasteiger partial charge >= 0.3 is 5.97 Å². The summed E-state index contributed by atoms with van der Waals surface area (Å²) in [6.45, 7) is 20.1. The Bertz CT molecular complexity index is 651. The first-order valence-corrected chi connectivity index (χ1v) is 16.1. The molecule has 0 amide bonds. The van der Waals surface area contributed by atoms with E-state index in [1.54, 1.807) is 0 Å². The maximum Gasteiger partial charge on any atom is 0.340 e. The van der Waals surface area contributed by atoms with Crippen molar-refractivity contribution in [3.8, 4) is 0 Å². The van der Waals surface area contributed by atoms with Crippen molar-refractivity contribution < 1.29 is 18.7 Å². The van der Waals surface area contributed by atoms with E-state index in [2.05, 4.69) is 54.3 Å². The van der Waals surface area contributed by atoms with Crippen molar-refractivity contribution >= 4 is 14.3 Å². The first kappa shape index (κ1) is 25.2. The second kappa shape index (κ2) is 8.75. The van der Waals surface area contributed by atoms with E-state index < -0.39 is 20.2 Å². The highest BCUT2D eigenvalue weighted by Crippen LogP contribution is 2.59. The van der Waals surface area contributed by atoms with Crippen molar-refractivity contribution in [1.82, 2.24) is 0 Å². The van der Waals surface area contributed by atoms with Crippen molar-refractivity contribution in [1.29, 1.82) is 0 Å². The van der Waals surface area contributed by atoms with Gasteiger partial charge in [-0.2, -0.15) is 0 Å². The number of carbonyl (C=O) groups excluding carboxylic acids is 1. The van der Waals surface area contributed by atoms with E-state index >= 15 is 0 Å². The quantitative estimate of drug-likeness (QED) is 0.310. The van der Waals surface area contributed by atoms with Crippen LogP contribution in [0, 0.1) is 28.6 Å². The molecular formula is C26H48O4Si. The number of fused-ring (bicyclic) bond motifs is 1. The molecule has 1 heterocycles. The van der Waals surface area contributed by atoms with Crippen LogP contribution in [-0.2, 0) is 18.7 Å². The minimum Gasteiger partial charge on any atom is -0.433 e. The van der Waals surface area contributed by atoms with E-state index in [1.165, 1.54) is 32.1 Å². The monoisotopic (exact) mass is 452 g/mol. The maximum absolute atomic E-state index is 12.5. The van der Waals surface area contributed by atoms with Gasteiger partial charge in [0.1, 0.15) is 0 Å². The van der Waals surface area contributed by atoms with Gasteiger partial charge in [-0.3, -0.25) is 0 Å². The van der Waals surface area contributed by atoms with Gasteiger partial charge in [0.2, 0.25) is 6.29 Å². The van der Waals surface area contributed by atoms with Crippen molar-refractivity contribution in [3.05, 3.63) is 0 Å². The zero-order chi connectivity index (χ0) is 23.2. The van der Waals surface area contributed by atoms with E-state index in [0.717, 1.165) is 31.1 Å². The molecule has 1 aliphatic heterocycles. The first-order chi connectivity index (χ1) is 14.2. The van der Waals surface area contributed by atoms with Gasteiger partial charge in [0.05, 0.1) is 0 Å². The van der Waals surface area contributed by atoms with E-state index in [9.17, 15) is 4.79 Å². The molecule has 3 fully saturated rings. The number of hydrogen-bond donors (Lipinski definition) is 0. The predicted molar refractivity (Wildman–Crippen MR) is 128 cm³/mol. The van der Waals surface area contributed by atoms with E-state index in [0.29, 0.717) is 17.4 Å². The average molecular weight is 453 g/mol. The van der Waals surface area contributed by atoms with Gasteiger partial charge in [0.15, 0.2) is 13.9 Å². The van der Waals surface area contributed by atoms with Gasteiger partial charge in [-0.05, 0) is 88.3 Å². The largest absolute Gasteiger partial charge is 0.433 e. The Hall–Kier alpha value is -0.393. The lowest BCUT2D eigenvalue weighted by Gasteiger charge is -2.48. The molecule has 0 aromatic carbocycles. The molecule has 0 N–H and O–H groups in total. The smallest absolute Gasteiger partial charge is 0.340 e. The van der Waals surface area contributed by atoms with Crippen LogP contribution < -0.4 is 0 Å². The Morgan fingerprint density at radius 1 is 1.16 bits per heavy atom. The third-order valence-electron chi connectivity index (χ3n) is 8.36. The molecule has 0 aromatic rings. The average Bonchev–Trinajstić information content (AvgIpc) is 3.11. The molecule has 3 rings (SSSR count). The number of cyclic esters (lactones) is 1. The van der Waals surface area contributed by atoms with Crippen molar-refractivity contribution in [3.63, 3.8) is 0 Å². The van der Waals surface area contributed by atoms with Crippen LogP contribution >= 0.6 is 0 Å². The molecule has 180 valence electrons. The van der Waals surface area contributed by atoms with Crippen LogP contribution in [0.3, 0.4) is 0 Å². The highest BCUT2D eigenvalue weighted by Gasteiger charge is 2.54. The van der Waals surface area contributed by atoms with Crippen LogP contribution in [0.5, 0.6) is 0 Å². The fourth-order valence-electron chi connectivity index (χ4n) is 6.70. The lowest BCUT2D eigenvalue weighted by atomic mass is 9.61. The van der Waals surface area contributed by atoms with Gasteiger partial charge in [-0.1, -0.05) is 47.5 Å². The summed E-state index contributed by atoms with van der Waals surface area (Å²) in [5.41, 5.74) is -0.573. The number of rotatable bonds is 7. The van der Waals surface area contributed by atoms with Crippen LogP contribution in [0.4, 0.5) is 0 Å². The number of ether oxygens (including phenoxy) is 2. The molecule has 0 aromatic heterocycles. The number of hydrogen-bond acceptors (Lipinski definition) is 4. The van der Waals surface area contributed by atoms with Gasteiger partial charge in [-0.25, -0.2) is 4.79 Å². The molecule has 1 saturated heterocycles. The molecule has 0 radical (unpaired) electrons. The topological polar surface area (TPSA) is 44.8 Å². The molecule has 5 heteroatoms. The first-order valence-electron chi connectivity index (χ1n) is 12.7. The maximum atomic E-state index is 12.5. The molecule has 7 atom stereocenters. The second-order valence-corrected chi connectivity index (χ2v) is 17.7. The molecule has 0 bridgehead atoms. The Labute approximate surface area is 192 Å². The molecule has 2 saturated carbocycles. The summed E-state index contributed by atoms with van der Waals surface area (Å²) in [5, 5.41) is 0. The van der Waals surface area contributed by atoms with Crippen LogP contribution in [0.15, 0.2) is 0 Å². The molecule has 2 unspecified atom stereocenters. The Kier molecular flexibility index (Phi) is 7.13. The highest BCUT2D eigenvalue weighted by molar-refractivity contribution is 6.69. The third-order valence-corrected chi connectivity index (χ3v) is 9.37. The van der Waals surface area contributed by atoms with Crippen LogP contribution in [0.2, 0.25) is 19.6 Å². The molecule has 3 aliphatic rings. The summed E-state index contributed by atoms with van der Waals surface area (Å²) < 4.78 is 18.3. The summed E-state index contributed by atoms with van der Waals surface area (Å²) in [7, 11) is -1.51. The lowest BCUT2D eigenvalue weighted by Crippen LogP contribution is -2.46. The molecular weight excluding hydrogens is 404 g/mol. The second-order valence-electron chi connectivity index (χ2n) is 13.3. The normalized spacial score (nSPS) is 40.0. The van der Waals surface area contributed by atoms with Crippen molar-refractivity contribution in [2.24, 2.45) is 28.6 Å². The van der Waals surface area contributed by atoms with Gasteiger partial charge in [0.25, 0.3) is 0 Å². The number of carbonyl (C=O) groups is 1. The lowest BCUT2D eigenvalue weighted by molar-refractivity contribution is -0.155. The van der Waals surface area contributed by atoms with E-state index in [-0.39, 0.29) is 11.4 Å². The fraction of sp³-hybridized carbons (Fsp3) is 0.962. The summed E-state index contributed by atoms with van der Waals surface area (Å²) in [5.74, 6) is 1.96. The third kappa shape index (κ3) is 5.41. The summed E-state index contributed by atoms with van der Waals surface area (Å²) in [4.78, 5) is 12.5. The summed E-state index contributed by atoms with van der Waals surface area (Å²) >= 11 is 0. The molecule has 31 heavy (non-hydrogen) atoms. The molecule has 0 spiro atoms. The van der Waals surface area contributed by atoms with Gasteiger partial charge in [-0.15, -0.1) is 0 Å². The Morgan fingerprint density at radius 3 is 2.42 bits per heavy atom. The highest BCUT2D eigenvalue weighted by atomic mass is 28.4. The standard InChI is InChI=1S/C26H48O4Si/c1-18(12-10-17-26(6)22(27)28-23(29-26)24(2,3)4)19-14-15-20-21(30-31(7,8)9)13-11-16-25(19,20)5/h18-21,23H,10-17H2,1-9H3/t18-,19-,20?,21?,23-,25-,26-/m1/s1. The van der Waals surface area contributed by atoms with Crippen LogP contribution in [0.1, 0.15) is 92.9 Å². The SMILES string of the molecule is C[C@H](CCC[C@@]1(C)O[C@H](C(C)(C)C)OC1=O)[C@H]1CCC2C(O[Si](C)(C)C)CCC[C@@]21C. The Morgan fingerprint density at radius 2 is 1.84 bits per heavy atom. The summed E-state index contributed by atoms with van der Waals surface area (Å²) in [6.07, 6.45) is 9.48. The fourth-order valence-corrected chi connectivity index (χ4v) is 7.89. The zero-order valence-corrected chi connectivity index (χ0v) is 22.7. The van der Waals surface area contributed by atoms with Crippen LogP contribution in [-0.4, -0.2) is 32.3 Å². The van der Waals surface area contributed by atoms with Gasteiger partial charge in [0, 0.05) is 11.5 Å². The summed E-state index contributed by atoms with van der Waals surface area (Å²) in [6, 6.07) is 0. The molecule has 4 nitrogen and oxygen atoms in total. The van der Waals surface area contributed by atoms with E-state index in [4.69, 9.17) is 13.9 Å². The zero-order valence-electron chi connectivity index (χ0n) is 21.7. The van der Waals surface area contributed by atoms with Crippen molar-refractivity contribution in [2.45, 2.75) is 131 Å². The van der Waals surface area contributed by atoms with Gasteiger partial charge < -0.3 is 13.9 Å². The van der Waals surface area contributed by atoms with E-state index in [1.807, 2.05) is 6.92 Å². The van der Waals surface area contributed by atoms with Crippen molar-refractivity contribution in [2.75, 3.05) is 0 Å². The predicted octanol–water partition coefficient (Wildman–Crippen LogP) is 6.93. The number of esters is 1. The Balaban J connectivity index is 1.57.